The third-order valence-corrected chi connectivity index (χ3v) is 2.63. The molecule has 0 aromatic carbocycles. The lowest BCUT2D eigenvalue weighted by Gasteiger charge is -2.08. The van der Waals surface area contributed by atoms with Crippen molar-refractivity contribution in [3.8, 4) is 11.3 Å². The summed E-state index contributed by atoms with van der Waals surface area (Å²) in [6.45, 7) is 4.12. The molecular formula is C12H16N4. The highest BCUT2D eigenvalue weighted by atomic mass is 15.4. The van der Waals surface area contributed by atoms with Crippen LogP contribution in [0.25, 0.3) is 11.3 Å². The zero-order valence-corrected chi connectivity index (χ0v) is 9.86. The highest BCUT2D eigenvalue weighted by molar-refractivity contribution is 5.61. The van der Waals surface area contributed by atoms with E-state index in [2.05, 4.69) is 22.3 Å². The molecule has 4 heteroatoms. The second-order valence-electron chi connectivity index (χ2n) is 3.61. The molecule has 84 valence electrons. The van der Waals surface area contributed by atoms with E-state index in [0.29, 0.717) is 0 Å². The Morgan fingerprint density at radius 2 is 2.25 bits per heavy atom. The zero-order valence-electron chi connectivity index (χ0n) is 9.86. The number of hydrogen-bond donors (Lipinski definition) is 1. The van der Waals surface area contributed by atoms with Crippen molar-refractivity contribution in [2.75, 3.05) is 12.5 Å². The molecule has 0 atom stereocenters. The molecule has 0 bridgehead atoms. The first-order chi connectivity index (χ1) is 7.77. The number of rotatable bonds is 3. The molecule has 2 rings (SSSR count). The molecule has 2 heterocycles. The Hall–Kier alpha value is -1.84. The molecule has 16 heavy (non-hydrogen) atoms. The van der Waals surface area contributed by atoms with Crippen molar-refractivity contribution in [3.63, 3.8) is 0 Å². The second-order valence-corrected chi connectivity index (χ2v) is 3.61. The summed E-state index contributed by atoms with van der Waals surface area (Å²) in [5.41, 5.74) is 6.41. The van der Waals surface area contributed by atoms with Gasteiger partial charge in [0.25, 0.3) is 0 Å². The summed E-state index contributed by atoms with van der Waals surface area (Å²) in [6.07, 6.45) is 4.56. The van der Waals surface area contributed by atoms with Gasteiger partial charge in [0.15, 0.2) is 0 Å². The minimum absolute atomic E-state index is 0.936. The van der Waals surface area contributed by atoms with Crippen molar-refractivity contribution >= 4 is 0 Å². The van der Waals surface area contributed by atoms with Crippen molar-refractivity contribution in [2.45, 2.75) is 20.3 Å². The van der Waals surface area contributed by atoms with Crippen molar-refractivity contribution in [1.82, 2.24) is 14.6 Å². The Labute approximate surface area is 95.3 Å². The first-order valence-corrected chi connectivity index (χ1v) is 5.44. The molecule has 0 amide bonds. The van der Waals surface area contributed by atoms with Gasteiger partial charge in [-0.3, -0.25) is 4.98 Å². The minimum atomic E-state index is 0.936. The van der Waals surface area contributed by atoms with Crippen LogP contribution >= 0.6 is 0 Å². The highest BCUT2D eigenvalue weighted by Gasteiger charge is 2.13. The first kappa shape index (κ1) is 10.7. The van der Waals surface area contributed by atoms with Crippen molar-refractivity contribution < 1.29 is 0 Å². The topological polar surface area (TPSA) is 42.7 Å². The molecular weight excluding hydrogens is 200 g/mol. The van der Waals surface area contributed by atoms with Crippen LogP contribution in [0.4, 0.5) is 0 Å². The number of imidazole rings is 1. The fraction of sp³-hybridized carbons (Fsp3) is 0.333. The maximum atomic E-state index is 4.58. The number of aromatic nitrogens is 3. The molecule has 2 aromatic rings. The van der Waals surface area contributed by atoms with Crippen molar-refractivity contribution in [2.24, 2.45) is 0 Å². The molecule has 0 fully saturated rings. The van der Waals surface area contributed by atoms with E-state index < -0.39 is 0 Å². The summed E-state index contributed by atoms with van der Waals surface area (Å²) < 4.78 is 2.02. The van der Waals surface area contributed by atoms with Gasteiger partial charge in [0, 0.05) is 25.0 Å². The molecule has 0 radical (unpaired) electrons. The SMILES string of the molecule is CCc1c(-c2cccnc2)nc(C)n1NC. The standard InChI is InChI=1S/C12H16N4/c1-4-11-12(10-6-5-7-14-8-10)15-9(2)16(11)13-3/h5-8,13H,4H2,1-3H3. The Kier molecular flexibility index (Phi) is 2.90. The molecule has 0 spiro atoms. The predicted octanol–water partition coefficient (Wildman–Crippen LogP) is 1.99. The number of pyridine rings is 1. The fourth-order valence-electron chi connectivity index (χ4n) is 1.93. The lowest BCUT2D eigenvalue weighted by Crippen LogP contribution is -2.13. The van der Waals surface area contributed by atoms with Crippen LogP contribution in [0.1, 0.15) is 18.4 Å². The molecule has 0 saturated carbocycles. The Morgan fingerprint density at radius 3 is 2.81 bits per heavy atom. The zero-order chi connectivity index (χ0) is 11.5. The van der Waals surface area contributed by atoms with E-state index in [9.17, 15) is 0 Å². The number of hydrogen-bond acceptors (Lipinski definition) is 3. The fourth-order valence-corrected chi connectivity index (χ4v) is 1.93. The minimum Gasteiger partial charge on any atom is -0.328 e. The van der Waals surface area contributed by atoms with Crippen LogP contribution in [0.15, 0.2) is 24.5 Å². The van der Waals surface area contributed by atoms with Crippen molar-refractivity contribution in [1.29, 1.82) is 0 Å². The van der Waals surface area contributed by atoms with E-state index in [4.69, 9.17) is 0 Å². The van der Waals surface area contributed by atoms with Gasteiger partial charge in [-0.1, -0.05) is 6.92 Å². The molecule has 0 unspecified atom stereocenters. The summed E-state index contributed by atoms with van der Waals surface area (Å²) in [4.78, 5) is 8.71. The molecule has 2 aromatic heterocycles. The maximum absolute atomic E-state index is 4.58. The molecule has 4 nitrogen and oxygen atoms in total. The van der Waals surface area contributed by atoms with E-state index in [0.717, 1.165) is 23.5 Å². The molecule has 0 aliphatic rings. The molecule has 0 aliphatic carbocycles. The van der Waals surface area contributed by atoms with Crippen LogP contribution in [0.2, 0.25) is 0 Å². The van der Waals surface area contributed by atoms with E-state index in [1.165, 1.54) is 5.69 Å². The van der Waals surface area contributed by atoms with E-state index >= 15 is 0 Å². The van der Waals surface area contributed by atoms with Crippen LogP contribution in [0.3, 0.4) is 0 Å². The molecule has 0 saturated heterocycles. The van der Waals surface area contributed by atoms with Gasteiger partial charge in [0.2, 0.25) is 0 Å². The maximum Gasteiger partial charge on any atom is 0.125 e. The van der Waals surface area contributed by atoms with Gasteiger partial charge in [-0.05, 0) is 25.5 Å². The Morgan fingerprint density at radius 1 is 1.44 bits per heavy atom. The third kappa shape index (κ3) is 1.66. The van der Waals surface area contributed by atoms with Gasteiger partial charge < -0.3 is 5.43 Å². The van der Waals surface area contributed by atoms with E-state index in [-0.39, 0.29) is 0 Å². The normalized spacial score (nSPS) is 10.4. The summed E-state index contributed by atoms with van der Waals surface area (Å²) in [7, 11) is 1.90. The summed E-state index contributed by atoms with van der Waals surface area (Å²) in [5, 5.41) is 0. The Bertz CT molecular complexity index is 473. The summed E-state index contributed by atoms with van der Waals surface area (Å²) in [6, 6.07) is 3.97. The van der Waals surface area contributed by atoms with Gasteiger partial charge in [0.1, 0.15) is 5.82 Å². The third-order valence-electron chi connectivity index (χ3n) is 2.63. The summed E-state index contributed by atoms with van der Waals surface area (Å²) >= 11 is 0. The van der Waals surface area contributed by atoms with Gasteiger partial charge >= 0.3 is 0 Å². The smallest absolute Gasteiger partial charge is 0.125 e. The van der Waals surface area contributed by atoms with Crippen LogP contribution in [0.5, 0.6) is 0 Å². The lowest BCUT2D eigenvalue weighted by molar-refractivity contribution is 0.810. The number of nitrogens with zero attached hydrogens (tertiary/aromatic N) is 3. The Balaban J connectivity index is 2.57. The van der Waals surface area contributed by atoms with Crippen LogP contribution < -0.4 is 5.43 Å². The average Bonchev–Trinajstić information content (AvgIpc) is 2.66. The lowest BCUT2D eigenvalue weighted by atomic mass is 10.1. The van der Waals surface area contributed by atoms with Gasteiger partial charge in [-0.2, -0.15) is 0 Å². The van der Waals surface area contributed by atoms with Crippen LogP contribution in [-0.2, 0) is 6.42 Å². The van der Waals surface area contributed by atoms with Crippen molar-refractivity contribution in [3.05, 3.63) is 36.0 Å². The molecule has 1 N–H and O–H groups in total. The van der Waals surface area contributed by atoms with Crippen LogP contribution in [-0.4, -0.2) is 21.7 Å². The quantitative estimate of drug-likeness (QED) is 0.853. The highest BCUT2D eigenvalue weighted by Crippen LogP contribution is 2.22. The van der Waals surface area contributed by atoms with Gasteiger partial charge in [0.05, 0.1) is 11.4 Å². The number of aryl methyl sites for hydroxylation is 1. The second kappa shape index (κ2) is 4.35. The summed E-state index contributed by atoms with van der Waals surface area (Å²) in [5.74, 6) is 0.971. The monoisotopic (exact) mass is 216 g/mol. The average molecular weight is 216 g/mol. The van der Waals surface area contributed by atoms with Gasteiger partial charge in [-0.25, -0.2) is 9.66 Å². The first-order valence-electron chi connectivity index (χ1n) is 5.44. The van der Waals surface area contributed by atoms with E-state index in [1.807, 2.05) is 37.0 Å². The van der Waals surface area contributed by atoms with Crippen LogP contribution in [0, 0.1) is 6.92 Å². The molecule has 0 aliphatic heterocycles. The number of nitrogens with one attached hydrogen (secondary N) is 1. The van der Waals surface area contributed by atoms with E-state index in [1.54, 1.807) is 6.20 Å². The van der Waals surface area contributed by atoms with Gasteiger partial charge in [-0.15, -0.1) is 0 Å². The predicted molar refractivity (Wildman–Crippen MR) is 64.9 cm³/mol. The largest absolute Gasteiger partial charge is 0.328 e.